The molecular weight excluding hydrogens is 238 g/mol. The van der Waals surface area contributed by atoms with Gasteiger partial charge in [0, 0.05) is 5.41 Å². The fraction of sp³-hybridized carbons (Fsp3) is 0.500. The molecule has 0 aliphatic carbocycles. The van der Waals surface area contributed by atoms with Crippen LogP contribution >= 0.6 is 0 Å². The summed E-state index contributed by atoms with van der Waals surface area (Å²) in [5.74, 6) is -0.113. The van der Waals surface area contributed by atoms with Crippen LogP contribution in [0.4, 0.5) is 0 Å². The van der Waals surface area contributed by atoms with Gasteiger partial charge in [0.15, 0.2) is 5.78 Å². The average molecular weight is 261 g/mol. The lowest BCUT2D eigenvalue weighted by Crippen LogP contribution is -2.46. The van der Waals surface area contributed by atoms with E-state index in [2.05, 4.69) is 5.32 Å². The molecule has 0 radical (unpaired) electrons. The van der Waals surface area contributed by atoms with Crippen molar-refractivity contribution >= 4 is 11.7 Å². The third-order valence-corrected chi connectivity index (χ3v) is 3.04. The van der Waals surface area contributed by atoms with E-state index in [1.54, 1.807) is 0 Å². The Bertz CT molecular complexity index is 455. The number of benzene rings is 1. The number of nitrogens with one attached hydrogen (secondary N) is 1. The molecule has 104 valence electrons. The van der Waals surface area contributed by atoms with Gasteiger partial charge in [0.05, 0.1) is 6.04 Å². The maximum absolute atomic E-state index is 12.0. The topological polar surface area (TPSA) is 46.2 Å². The predicted octanol–water partition coefficient (Wildman–Crippen LogP) is 2.66. The number of ketones is 1. The Balaban J connectivity index is 2.77. The summed E-state index contributed by atoms with van der Waals surface area (Å²) in [6.07, 6.45) is 0.539. The lowest BCUT2D eigenvalue weighted by atomic mass is 9.94. The van der Waals surface area contributed by atoms with E-state index >= 15 is 0 Å². The molecule has 1 atom stereocenters. The number of hydrogen-bond donors (Lipinski definition) is 1. The fourth-order valence-electron chi connectivity index (χ4n) is 1.63. The molecule has 0 aromatic heterocycles. The van der Waals surface area contributed by atoms with Crippen LogP contribution in [0.15, 0.2) is 24.3 Å². The Kier molecular flexibility index (Phi) is 4.87. The van der Waals surface area contributed by atoms with Crippen LogP contribution in [0.1, 0.15) is 38.8 Å². The maximum atomic E-state index is 12.0. The molecule has 1 rings (SSSR count). The van der Waals surface area contributed by atoms with Crippen LogP contribution < -0.4 is 5.32 Å². The van der Waals surface area contributed by atoms with Crippen LogP contribution in [0, 0.1) is 12.3 Å². The van der Waals surface area contributed by atoms with Crippen LogP contribution in [0.2, 0.25) is 0 Å². The highest BCUT2D eigenvalue weighted by molar-refractivity contribution is 5.89. The molecule has 3 nitrogen and oxygen atoms in total. The zero-order chi connectivity index (χ0) is 14.6. The number of aryl methyl sites for hydroxylation is 1. The van der Waals surface area contributed by atoms with Crippen molar-refractivity contribution in [2.45, 2.75) is 47.1 Å². The second kappa shape index (κ2) is 6.00. The molecule has 0 fully saturated rings. The van der Waals surface area contributed by atoms with E-state index in [0.717, 1.165) is 5.56 Å². The van der Waals surface area contributed by atoms with E-state index in [4.69, 9.17) is 0 Å². The van der Waals surface area contributed by atoms with Crippen LogP contribution in [-0.4, -0.2) is 17.7 Å². The molecule has 0 saturated heterocycles. The van der Waals surface area contributed by atoms with Crippen LogP contribution in [-0.2, 0) is 16.0 Å². The standard InChI is InChI=1S/C16H23NO2/c1-11-6-8-13(9-7-11)10-14(12(2)18)17-15(19)16(3,4)5/h6-9,14H,10H2,1-5H3,(H,17,19). The van der Waals surface area contributed by atoms with Crippen molar-refractivity contribution in [1.82, 2.24) is 5.32 Å². The summed E-state index contributed by atoms with van der Waals surface area (Å²) in [6, 6.07) is 7.56. The first-order chi connectivity index (χ1) is 8.70. The lowest BCUT2D eigenvalue weighted by molar-refractivity contribution is -0.132. The molecule has 1 N–H and O–H groups in total. The third-order valence-electron chi connectivity index (χ3n) is 3.04. The first-order valence-electron chi connectivity index (χ1n) is 6.57. The molecule has 0 heterocycles. The van der Waals surface area contributed by atoms with Crippen LogP contribution in [0.3, 0.4) is 0 Å². The van der Waals surface area contributed by atoms with Crippen LogP contribution in [0.5, 0.6) is 0 Å². The highest BCUT2D eigenvalue weighted by Gasteiger charge is 2.25. The third kappa shape index (κ3) is 4.86. The quantitative estimate of drug-likeness (QED) is 0.905. The van der Waals surface area contributed by atoms with Gasteiger partial charge in [0.25, 0.3) is 0 Å². The Morgan fingerprint density at radius 1 is 1.16 bits per heavy atom. The lowest BCUT2D eigenvalue weighted by Gasteiger charge is -2.23. The molecule has 0 bridgehead atoms. The summed E-state index contributed by atoms with van der Waals surface area (Å²) < 4.78 is 0. The van der Waals surface area contributed by atoms with Crippen molar-refractivity contribution in [1.29, 1.82) is 0 Å². The van der Waals surface area contributed by atoms with Crippen molar-refractivity contribution in [2.24, 2.45) is 5.41 Å². The second-order valence-corrected chi connectivity index (χ2v) is 6.08. The molecule has 0 aliphatic heterocycles. The van der Waals surface area contributed by atoms with E-state index in [9.17, 15) is 9.59 Å². The Labute approximate surface area is 115 Å². The number of rotatable bonds is 4. The van der Waals surface area contributed by atoms with Gasteiger partial charge in [-0.1, -0.05) is 50.6 Å². The normalized spacial score (nSPS) is 12.9. The minimum Gasteiger partial charge on any atom is -0.346 e. The average Bonchev–Trinajstić information content (AvgIpc) is 2.29. The van der Waals surface area contributed by atoms with Crippen molar-refractivity contribution in [2.75, 3.05) is 0 Å². The Morgan fingerprint density at radius 2 is 1.68 bits per heavy atom. The molecule has 0 spiro atoms. The van der Waals surface area contributed by atoms with Crippen molar-refractivity contribution < 1.29 is 9.59 Å². The zero-order valence-corrected chi connectivity index (χ0v) is 12.4. The van der Waals surface area contributed by atoms with E-state index in [-0.39, 0.29) is 11.7 Å². The van der Waals surface area contributed by atoms with Gasteiger partial charge in [0.1, 0.15) is 0 Å². The van der Waals surface area contributed by atoms with Crippen molar-refractivity contribution in [3.8, 4) is 0 Å². The van der Waals surface area contributed by atoms with E-state index in [1.807, 2.05) is 52.0 Å². The minimum absolute atomic E-state index is 0.0156. The van der Waals surface area contributed by atoms with Gasteiger partial charge in [0.2, 0.25) is 5.91 Å². The van der Waals surface area contributed by atoms with Gasteiger partial charge in [-0.05, 0) is 25.8 Å². The molecule has 1 unspecified atom stereocenters. The summed E-state index contributed by atoms with van der Waals surface area (Å²) >= 11 is 0. The summed E-state index contributed by atoms with van der Waals surface area (Å²) in [5, 5.41) is 2.83. The predicted molar refractivity (Wildman–Crippen MR) is 76.9 cm³/mol. The molecule has 3 heteroatoms. The van der Waals surface area contributed by atoms with Crippen LogP contribution in [0.25, 0.3) is 0 Å². The zero-order valence-electron chi connectivity index (χ0n) is 12.4. The van der Waals surface area contributed by atoms with Gasteiger partial charge in [-0.15, -0.1) is 0 Å². The number of amides is 1. The number of Topliss-reactive ketones (excluding diaryl/α,β-unsaturated/α-hetero) is 1. The Hall–Kier alpha value is -1.64. The number of carbonyl (C=O) groups excluding carboxylic acids is 2. The number of carbonyl (C=O) groups is 2. The SMILES string of the molecule is CC(=O)C(Cc1ccc(C)cc1)NC(=O)C(C)(C)C. The van der Waals surface area contributed by atoms with E-state index in [1.165, 1.54) is 12.5 Å². The minimum atomic E-state index is -0.485. The van der Waals surface area contributed by atoms with Crippen molar-refractivity contribution in [3.63, 3.8) is 0 Å². The summed E-state index contributed by atoms with van der Waals surface area (Å²) in [6.45, 7) is 9.05. The fourth-order valence-corrected chi connectivity index (χ4v) is 1.63. The largest absolute Gasteiger partial charge is 0.346 e. The van der Waals surface area contributed by atoms with Crippen molar-refractivity contribution in [3.05, 3.63) is 35.4 Å². The molecule has 19 heavy (non-hydrogen) atoms. The summed E-state index contributed by atoms with van der Waals surface area (Å²) in [5.41, 5.74) is 1.75. The molecule has 1 aromatic rings. The molecule has 0 aliphatic rings. The number of hydrogen-bond acceptors (Lipinski definition) is 2. The first kappa shape index (κ1) is 15.4. The Morgan fingerprint density at radius 3 is 2.11 bits per heavy atom. The second-order valence-electron chi connectivity index (χ2n) is 6.08. The van der Waals surface area contributed by atoms with E-state index in [0.29, 0.717) is 6.42 Å². The molecule has 1 amide bonds. The smallest absolute Gasteiger partial charge is 0.225 e. The molecular formula is C16H23NO2. The monoisotopic (exact) mass is 261 g/mol. The molecule has 1 aromatic carbocycles. The summed E-state index contributed by atoms with van der Waals surface area (Å²) in [4.78, 5) is 23.6. The van der Waals surface area contributed by atoms with Gasteiger partial charge in [-0.25, -0.2) is 0 Å². The first-order valence-corrected chi connectivity index (χ1v) is 6.57. The van der Waals surface area contributed by atoms with Gasteiger partial charge in [-0.3, -0.25) is 9.59 Å². The maximum Gasteiger partial charge on any atom is 0.225 e. The summed E-state index contributed by atoms with van der Waals surface area (Å²) in [7, 11) is 0. The van der Waals surface area contributed by atoms with E-state index < -0.39 is 11.5 Å². The highest BCUT2D eigenvalue weighted by atomic mass is 16.2. The van der Waals surface area contributed by atoms with Gasteiger partial charge in [-0.2, -0.15) is 0 Å². The van der Waals surface area contributed by atoms with Gasteiger partial charge < -0.3 is 5.32 Å². The molecule has 0 saturated carbocycles. The van der Waals surface area contributed by atoms with Gasteiger partial charge >= 0.3 is 0 Å². The highest BCUT2D eigenvalue weighted by Crippen LogP contribution is 2.14.